The SMILES string of the molecule is Cn1ncc(-c2cc(Cl)c3c(c2)CCCC3)c1N. The minimum Gasteiger partial charge on any atom is -0.383 e. The van der Waals surface area contributed by atoms with Crippen molar-refractivity contribution in [1.29, 1.82) is 0 Å². The van der Waals surface area contributed by atoms with E-state index in [1.165, 1.54) is 24.0 Å². The number of aryl methyl sites for hydroxylation is 2. The van der Waals surface area contributed by atoms with E-state index in [1.807, 2.05) is 13.1 Å². The third-order valence-electron chi connectivity index (χ3n) is 3.71. The average molecular weight is 262 g/mol. The van der Waals surface area contributed by atoms with Crippen molar-refractivity contribution in [2.75, 3.05) is 5.73 Å². The van der Waals surface area contributed by atoms with Gasteiger partial charge in [-0.1, -0.05) is 17.7 Å². The maximum Gasteiger partial charge on any atom is 0.129 e. The van der Waals surface area contributed by atoms with Crippen LogP contribution in [0.25, 0.3) is 11.1 Å². The Hall–Kier alpha value is -1.48. The molecule has 0 bridgehead atoms. The molecule has 94 valence electrons. The molecule has 3 rings (SSSR count). The molecular weight excluding hydrogens is 246 g/mol. The van der Waals surface area contributed by atoms with E-state index in [2.05, 4.69) is 11.2 Å². The number of halogens is 1. The zero-order valence-electron chi connectivity index (χ0n) is 10.4. The third kappa shape index (κ3) is 1.79. The zero-order valence-corrected chi connectivity index (χ0v) is 11.2. The number of hydrogen-bond donors (Lipinski definition) is 1. The maximum absolute atomic E-state index is 6.39. The molecule has 0 atom stereocenters. The summed E-state index contributed by atoms with van der Waals surface area (Å²) in [5.74, 6) is 0.682. The van der Waals surface area contributed by atoms with Crippen LogP contribution in [0.15, 0.2) is 18.3 Å². The number of anilines is 1. The van der Waals surface area contributed by atoms with Crippen LogP contribution in [0, 0.1) is 0 Å². The number of nitrogen functional groups attached to an aromatic ring is 1. The first kappa shape index (κ1) is 11.6. The highest BCUT2D eigenvalue weighted by Crippen LogP contribution is 2.34. The minimum atomic E-state index is 0.682. The van der Waals surface area contributed by atoms with E-state index in [-0.39, 0.29) is 0 Å². The van der Waals surface area contributed by atoms with Crippen LogP contribution in [0.1, 0.15) is 24.0 Å². The Morgan fingerprint density at radius 2 is 2.06 bits per heavy atom. The van der Waals surface area contributed by atoms with Crippen LogP contribution in [0.4, 0.5) is 5.82 Å². The summed E-state index contributed by atoms with van der Waals surface area (Å²) in [6.45, 7) is 0. The van der Waals surface area contributed by atoms with Gasteiger partial charge in [-0.2, -0.15) is 5.10 Å². The van der Waals surface area contributed by atoms with Crippen molar-refractivity contribution in [3.63, 3.8) is 0 Å². The van der Waals surface area contributed by atoms with Gasteiger partial charge >= 0.3 is 0 Å². The van der Waals surface area contributed by atoms with Crippen molar-refractivity contribution in [3.8, 4) is 11.1 Å². The maximum atomic E-state index is 6.39. The minimum absolute atomic E-state index is 0.682. The van der Waals surface area contributed by atoms with Crippen molar-refractivity contribution < 1.29 is 0 Å². The Bertz CT molecular complexity index is 601. The highest BCUT2D eigenvalue weighted by molar-refractivity contribution is 6.31. The summed E-state index contributed by atoms with van der Waals surface area (Å²) in [4.78, 5) is 0. The van der Waals surface area contributed by atoms with Gasteiger partial charge in [0.1, 0.15) is 5.82 Å². The number of nitrogens with two attached hydrogens (primary N) is 1. The monoisotopic (exact) mass is 261 g/mol. The van der Waals surface area contributed by atoms with Gasteiger partial charge < -0.3 is 5.73 Å². The van der Waals surface area contributed by atoms with E-state index in [0.29, 0.717) is 5.82 Å². The van der Waals surface area contributed by atoms with Gasteiger partial charge in [0.2, 0.25) is 0 Å². The quantitative estimate of drug-likeness (QED) is 0.857. The lowest BCUT2D eigenvalue weighted by molar-refractivity contribution is 0.686. The summed E-state index contributed by atoms with van der Waals surface area (Å²) in [7, 11) is 1.85. The molecule has 1 aliphatic carbocycles. The predicted molar refractivity (Wildman–Crippen MR) is 74.7 cm³/mol. The third-order valence-corrected chi connectivity index (χ3v) is 4.04. The standard InChI is InChI=1S/C14H16ClN3/c1-18-14(16)12(8-17-18)10-6-9-4-2-3-5-11(9)13(15)7-10/h6-8H,2-5,16H2,1H3. The summed E-state index contributed by atoms with van der Waals surface area (Å²) in [6, 6.07) is 4.23. The average Bonchev–Trinajstić information content (AvgIpc) is 2.70. The van der Waals surface area contributed by atoms with Crippen LogP contribution in [-0.4, -0.2) is 9.78 Å². The molecule has 18 heavy (non-hydrogen) atoms. The predicted octanol–water partition coefficient (Wildman–Crippen LogP) is 3.20. The molecule has 0 fully saturated rings. The second kappa shape index (κ2) is 4.32. The first-order chi connectivity index (χ1) is 8.66. The second-order valence-electron chi connectivity index (χ2n) is 4.87. The smallest absolute Gasteiger partial charge is 0.129 e. The summed E-state index contributed by atoms with van der Waals surface area (Å²) < 4.78 is 1.68. The number of aromatic nitrogens is 2. The lowest BCUT2D eigenvalue weighted by atomic mass is 9.89. The normalized spacial score (nSPS) is 14.6. The van der Waals surface area contributed by atoms with Crippen LogP contribution >= 0.6 is 11.6 Å². The van der Waals surface area contributed by atoms with Gasteiger partial charge in [-0.3, -0.25) is 4.68 Å². The van der Waals surface area contributed by atoms with Crippen molar-refractivity contribution in [2.45, 2.75) is 25.7 Å². The zero-order chi connectivity index (χ0) is 12.7. The molecule has 0 radical (unpaired) electrons. The van der Waals surface area contributed by atoms with Crippen molar-refractivity contribution in [3.05, 3.63) is 34.5 Å². The van der Waals surface area contributed by atoms with Crippen LogP contribution in [0.5, 0.6) is 0 Å². The molecule has 0 amide bonds. The highest BCUT2D eigenvalue weighted by atomic mass is 35.5. The first-order valence-electron chi connectivity index (χ1n) is 6.26. The Morgan fingerprint density at radius 1 is 1.28 bits per heavy atom. The second-order valence-corrected chi connectivity index (χ2v) is 5.28. The molecule has 1 aromatic carbocycles. The fraction of sp³-hybridized carbons (Fsp3) is 0.357. The van der Waals surface area contributed by atoms with Gasteiger partial charge in [-0.15, -0.1) is 0 Å². The largest absolute Gasteiger partial charge is 0.383 e. The summed E-state index contributed by atoms with van der Waals surface area (Å²) in [5.41, 5.74) is 10.7. The fourth-order valence-corrected chi connectivity index (χ4v) is 2.97. The summed E-state index contributed by atoms with van der Waals surface area (Å²) >= 11 is 6.39. The molecule has 0 spiro atoms. The lowest BCUT2D eigenvalue weighted by Gasteiger charge is -2.18. The van der Waals surface area contributed by atoms with E-state index >= 15 is 0 Å². The highest BCUT2D eigenvalue weighted by Gasteiger charge is 2.16. The van der Waals surface area contributed by atoms with Crippen LogP contribution in [0.3, 0.4) is 0 Å². The van der Waals surface area contributed by atoms with Crippen LogP contribution in [-0.2, 0) is 19.9 Å². The molecule has 4 heteroatoms. The van der Waals surface area contributed by atoms with Gasteiger partial charge in [-0.05, 0) is 48.4 Å². The molecule has 1 aromatic heterocycles. The molecule has 2 N–H and O–H groups in total. The molecular formula is C14H16ClN3. The van der Waals surface area contributed by atoms with Gasteiger partial charge in [0, 0.05) is 17.6 Å². The van der Waals surface area contributed by atoms with Gasteiger partial charge in [0.15, 0.2) is 0 Å². The molecule has 1 heterocycles. The van der Waals surface area contributed by atoms with E-state index in [0.717, 1.165) is 29.0 Å². The fourth-order valence-electron chi connectivity index (χ4n) is 2.64. The lowest BCUT2D eigenvalue weighted by Crippen LogP contribution is -2.04. The molecule has 0 saturated heterocycles. The number of nitrogens with zero attached hydrogens (tertiary/aromatic N) is 2. The molecule has 0 unspecified atom stereocenters. The number of hydrogen-bond acceptors (Lipinski definition) is 2. The van der Waals surface area contributed by atoms with Gasteiger partial charge in [-0.25, -0.2) is 0 Å². The van der Waals surface area contributed by atoms with E-state index in [9.17, 15) is 0 Å². The Morgan fingerprint density at radius 3 is 2.78 bits per heavy atom. The van der Waals surface area contributed by atoms with Gasteiger partial charge in [0.25, 0.3) is 0 Å². The molecule has 2 aromatic rings. The van der Waals surface area contributed by atoms with E-state index in [1.54, 1.807) is 10.9 Å². The van der Waals surface area contributed by atoms with Crippen LogP contribution < -0.4 is 5.73 Å². The molecule has 0 saturated carbocycles. The number of rotatable bonds is 1. The summed E-state index contributed by atoms with van der Waals surface area (Å²) in [6.07, 6.45) is 6.49. The van der Waals surface area contributed by atoms with Crippen molar-refractivity contribution >= 4 is 17.4 Å². The molecule has 3 nitrogen and oxygen atoms in total. The van der Waals surface area contributed by atoms with E-state index < -0.39 is 0 Å². The molecule has 0 aliphatic heterocycles. The first-order valence-corrected chi connectivity index (χ1v) is 6.64. The number of benzene rings is 1. The Kier molecular flexibility index (Phi) is 2.78. The number of fused-ring (bicyclic) bond motifs is 1. The van der Waals surface area contributed by atoms with Crippen molar-refractivity contribution in [1.82, 2.24) is 9.78 Å². The Labute approximate surface area is 112 Å². The van der Waals surface area contributed by atoms with E-state index in [4.69, 9.17) is 17.3 Å². The summed E-state index contributed by atoms with van der Waals surface area (Å²) in [5, 5.41) is 5.05. The topological polar surface area (TPSA) is 43.8 Å². The molecule has 1 aliphatic rings. The van der Waals surface area contributed by atoms with Gasteiger partial charge in [0.05, 0.1) is 6.20 Å². The van der Waals surface area contributed by atoms with Crippen LogP contribution in [0.2, 0.25) is 5.02 Å². The van der Waals surface area contributed by atoms with Crippen molar-refractivity contribution in [2.24, 2.45) is 7.05 Å². The Balaban J connectivity index is 2.14.